The van der Waals surface area contributed by atoms with Crippen LogP contribution in [0.3, 0.4) is 0 Å². The molecule has 0 saturated heterocycles. The maximum atomic E-state index is 12.3. The molecule has 9 heteroatoms. The highest BCUT2D eigenvalue weighted by Gasteiger charge is 2.26. The van der Waals surface area contributed by atoms with E-state index < -0.39 is 37.6 Å². The van der Waals surface area contributed by atoms with Crippen molar-refractivity contribution in [2.75, 3.05) is 7.11 Å². The highest BCUT2D eigenvalue weighted by molar-refractivity contribution is 8.13. The molecule has 0 atom stereocenters. The Labute approximate surface area is 94.1 Å². The van der Waals surface area contributed by atoms with Gasteiger partial charge in [-0.3, -0.25) is 0 Å². The van der Waals surface area contributed by atoms with E-state index in [0.29, 0.717) is 6.20 Å². The Balaban J connectivity index is 3.54. The van der Waals surface area contributed by atoms with E-state index in [1.54, 1.807) is 0 Å². The van der Waals surface area contributed by atoms with Crippen LogP contribution in [0.15, 0.2) is 11.1 Å². The average molecular weight is 274 g/mol. The molecule has 0 aromatic carbocycles. The summed E-state index contributed by atoms with van der Waals surface area (Å²) in [5, 5.41) is 9.31. The number of alkyl halides is 2. The van der Waals surface area contributed by atoms with Gasteiger partial charge in [-0.25, -0.2) is 22.2 Å². The second-order valence-corrected chi connectivity index (χ2v) is 5.16. The van der Waals surface area contributed by atoms with Crippen LogP contribution in [0.25, 0.3) is 0 Å². The minimum absolute atomic E-state index is 0.600. The fraction of sp³-hybridized carbons (Fsp3) is 0.286. The summed E-state index contributed by atoms with van der Waals surface area (Å²) in [4.78, 5) is 2.44. The van der Waals surface area contributed by atoms with Gasteiger partial charge in [0.05, 0.1) is 13.3 Å². The first-order valence-electron chi connectivity index (χ1n) is 3.77. The van der Waals surface area contributed by atoms with E-state index in [4.69, 9.17) is 10.7 Å². The summed E-state index contributed by atoms with van der Waals surface area (Å²) in [6, 6.07) is 0. The van der Waals surface area contributed by atoms with Gasteiger partial charge in [0, 0.05) is 10.7 Å². The smallest absolute Gasteiger partial charge is 0.284 e. The highest BCUT2D eigenvalue weighted by Crippen LogP contribution is 2.39. The molecule has 16 heavy (non-hydrogen) atoms. The van der Waals surface area contributed by atoms with Gasteiger partial charge >= 0.3 is 0 Å². The van der Waals surface area contributed by atoms with Crippen LogP contribution in [0, 0.1) is 0 Å². The fourth-order valence-electron chi connectivity index (χ4n) is 1.01. The summed E-state index contributed by atoms with van der Waals surface area (Å²) in [5.74, 6) is -1.69. The lowest BCUT2D eigenvalue weighted by Crippen LogP contribution is -2.01. The molecule has 0 radical (unpaired) electrons. The molecule has 1 heterocycles. The molecule has 0 aliphatic heterocycles. The van der Waals surface area contributed by atoms with Crippen molar-refractivity contribution in [3.8, 4) is 11.5 Å². The van der Waals surface area contributed by atoms with Gasteiger partial charge in [0.2, 0.25) is 0 Å². The van der Waals surface area contributed by atoms with E-state index in [1.807, 2.05) is 0 Å². The Hall–Kier alpha value is -1.15. The summed E-state index contributed by atoms with van der Waals surface area (Å²) in [6.07, 6.45) is -2.46. The molecule has 0 aliphatic carbocycles. The molecule has 1 aromatic heterocycles. The molecule has 0 unspecified atom stereocenters. The number of halogens is 3. The first-order chi connectivity index (χ1) is 7.29. The minimum Gasteiger partial charge on any atom is -0.503 e. The Morgan fingerprint density at radius 1 is 1.56 bits per heavy atom. The van der Waals surface area contributed by atoms with Gasteiger partial charge < -0.3 is 9.84 Å². The van der Waals surface area contributed by atoms with Crippen molar-refractivity contribution in [1.29, 1.82) is 0 Å². The Morgan fingerprint density at radius 2 is 2.12 bits per heavy atom. The monoisotopic (exact) mass is 273 g/mol. The van der Waals surface area contributed by atoms with Gasteiger partial charge in [0.25, 0.3) is 15.5 Å². The largest absolute Gasteiger partial charge is 0.503 e. The first kappa shape index (κ1) is 12.9. The molecule has 90 valence electrons. The third kappa shape index (κ3) is 2.33. The average Bonchev–Trinajstić information content (AvgIpc) is 2.15. The minimum atomic E-state index is -4.23. The lowest BCUT2D eigenvalue weighted by atomic mass is 10.3. The second-order valence-electron chi connectivity index (χ2n) is 2.63. The van der Waals surface area contributed by atoms with E-state index in [-0.39, 0.29) is 0 Å². The summed E-state index contributed by atoms with van der Waals surface area (Å²) in [6.45, 7) is 0. The number of methoxy groups -OCH3 is 1. The molecule has 1 aromatic rings. The van der Waals surface area contributed by atoms with E-state index in [2.05, 4.69) is 9.72 Å². The highest BCUT2D eigenvalue weighted by atomic mass is 35.7. The van der Waals surface area contributed by atoms with E-state index >= 15 is 0 Å². The number of ether oxygens (including phenoxy) is 1. The van der Waals surface area contributed by atoms with Gasteiger partial charge in [0.1, 0.15) is 4.90 Å². The van der Waals surface area contributed by atoms with Crippen LogP contribution in [-0.4, -0.2) is 25.6 Å². The molecule has 0 spiro atoms. The summed E-state index contributed by atoms with van der Waals surface area (Å²) in [5.41, 5.74) is -0.971. The fourth-order valence-corrected chi connectivity index (χ4v) is 1.92. The number of aromatic hydroxyl groups is 1. The molecule has 5 nitrogen and oxygen atoms in total. The molecule has 0 saturated carbocycles. The number of pyridine rings is 1. The lowest BCUT2D eigenvalue weighted by Gasteiger charge is -2.10. The van der Waals surface area contributed by atoms with E-state index in [0.717, 1.165) is 7.11 Å². The number of aromatic nitrogens is 1. The number of nitrogens with zero attached hydrogens (tertiary/aromatic N) is 1. The van der Waals surface area contributed by atoms with Gasteiger partial charge in [-0.1, -0.05) is 0 Å². The van der Waals surface area contributed by atoms with Crippen LogP contribution in [0.2, 0.25) is 0 Å². The molecule has 0 fully saturated rings. The summed E-state index contributed by atoms with van der Waals surface area (Å²) < 4.78 is 51.1. The molecular formula is C7H6ClF2NO4S. The van der Waals surface area contributed by atoms with Crippen molar-refractivity contribution in [2.24, 2.45) is 0 Å². The molecular weight excluding hydrogens is 268 g/mol. The normalized spacial score (nSPS) is 11.8. The van der Waals surface area contributed by atoms with Crippen LogP contribution in [0.1, 0.15) is 12.1 Å². The van der Waals surface area contributed by atoms with Crippen LogP contribution in [0.4, 0.5) is 8.78 Å². The van der Waals surface area contributed by atoms with Gasteiger partial charge in [0.15, 0.2) is 17.2 Å². The van der Waals surface area contributed by atoms with Crippen LogP contribution < -0.4 is 4.74 Å². The number of hydrogen-bond donors (Lipinski definition) is 1. The van der Waals surface area contributed by atoms with Crippen molar-refractivity contribution in [3.05, 3.63) is 11.9 Å². The Bertz CT molecular complexity index is 505. The number of hydrogen-bond acceptors (Lipinski definition) is 5. The number of rotatable bonds is 3. The van der Waals surface area contributed by atoms with Crippen molar-refractivity contribution in [3.63, 3.8) is 0 Å². The third-order valence-corrected chi connectivity index (χ3v) is 2.99. The zero-order valence-corrected chi connectivity index (χ0v) is 9.39. The third-order valence-electron chi connectivity index (χ3n) is 1.68. The topological polar surface area (TPSA) is 76.5 Å². The maximum absolute atomic E-state index is 12.3. The van der Waals surface area contributed by atoms with Crippen molar-refractivity contribution < 1.29 is 27.0 Å². The predicted molar refractivity (Wildman–Crippen MR) is 50.4 cm³/mol. The molecule has 0 amide bonds. The zero-order valence-electron chi connectivity index (χ0n) is 7.82. The van der Waals surface area contributed by atoms with Gasteiger partial charge in [-0.15, -0.1) is 0 Å². The van der Waals surface area contributed by atoms with Crippen molar-refractivity contribution >= 4 is 19.7 Å². The van der Waals surface area contributed by atoms with Crippen LogP contribution in [0.5, 0.6) is 11.5 Å². The van der Waals surface area contributed by atoms with Crippen LogP contribution >= 0.6 is 10.7 Å². The van der Waals surface area contributed by atoms with Gasteiger partial charge in [-0.2, -0.15) is 0 Å². The summed E-state index contributed by atoms with van der Waals surface area (Å²) in [7, 11) is 1.78. The second kappa shape index (κ2) is 4.38. The molecule has 1 N–H and O–H groups in total. The summed E-state index contributed by atoms with van der Waals surface area (Å²) >= 11 is 0. The lowest BCUT2D eigenvalue weighted by molar-refractivity contribution is 0.140. The Kier molecular flexibility index (Phi) is 3.54. The predicted octanol–water partition coefficient (Wildman–Crippen LogP) is 1.66. The zero-order chi connectivity index (χ0) is 12.5. The molecule has 1 rings (SSSR count). The van der Waals surface area contributed by atoms with Crippen LogP contribution in [-0.2, 0) is 9.05 Å². The molecule has 0 bridgehead atoms. The van der Waals surface area contributed by atoms with E-state index in [1.165, 1.54) is 0 Å². The van der Waals surface area contributed by atoms with Crippen molar-refractivity contribution in [2.45, 2.75) is 11.3 Å². The van der Waals surface area contributed by atoms with E-state index in [9.17, 15) is 22.3 Å². The SMILES string of the molecule is COc1c(S(=O)(=O)Cl)cnc(C(F)F)c1O. The Morgan fingerprint density at radius 3 is 2.50 bits per heavy atom. The standard InChI is InChI=1S/C7H6ClF2NO4S/c1-15-6-3(16(8,13)14)2-11-4(5(6)12)7(9)10/h2,7,12H,1H3. The first-order valence-corrected chi connectivity index (χ1v) is 6.08. The van der Waals surface area contributed by atoms with Crippen molar-refractivity contribution in [1.82, 2.24) is 4.98 Å². The maximum Gasteiger partial charge on any atom is 0.284 e. The van der Waals surface area contributed by atoms with Gasteiger partial charge in [-0.05, 0) is 0 Å². The molecule has 0 aliphatic rings. The quantitative estimate of drug-likeness (QED) is 0.848.